The molecule has 21 heavy (non-hydrogen) atoms. The first kappa shape index (κ1) is 16.8. The van der Waals surface area contributed by atoms with E-state index in [1.54, 1.807) is 6.07 Å². The summed E-state index contributed by atoms with van der Waals surface area (Å²) in [7, 11) is 1.35. The second-order valence-electron chi connectivity index (χ2n) is 3.93. The number of amides is 1. The number of rotatable bonds is 8. The predicted molar refractivity (Wildman–Crippen MR) is 76.5 cm³/mol. The number of aliphatic carboxylic acids is 1. The predicted octanol–water partition coefficient (Wildman–Crippen LogP) is 1.04. The zero-order valence-electron chi connectivity index (χ0n) is 11.2. The summed E-state index contributed by atoms with van der Waals surface area (Å²) in [5.41, 5.74) is 0.546. The molecule has 0 spiro atoms. The molecule has 0 aliphatic rings. The van der Waals surface area contributed by atoms with Gasteiger partial charge in [0.25, 0.3) is 0 Å². The molecule has 0 fully saturated rings. The van der Waals surface area contributed by atoms with Gasteiger partial charge < -0.3 is 15.2 Å². The Morgan fingerprint density at radius 2 is 2.19 bits per heavy atom. The lowest BCUT2D eigenvalue weighted by Crippen LogP contribution is -2.30. The number of hydrogen-bond donors (Lipinski definition) is 2. The molecule has 0 aromatic heterocycles. The van der Waals surface area contributed by atoms with Crippen molar-refractivity contribution in [3.63, 3.8) is 0 Å². The van der Waals surface area contributed by atoms with Crippen LogP contribution >= 0.6 is 11.8 Å². The van der Waals surface area contributed by atoms with Gasteiger partial charge in [-0.3, -0.25) is 19.7 Å². The Bertz CT molecular complexity index is 549. The summed E-state index contributed by atoms with van der Waals surface area (Å²) in [4.78, 5) is 31.9. The number of carboxylic acids is 1. The zero-order chi connectivity index (χ0) is 15.8. The van der Waals surface area contributed by atoms with Gasteiger partial charge in [-0.1, -0.05) is 6.07 Å². The van der Waals surface area contributed by atoms with Crippen LogP contribution in [0.1, 0.15) is 5.56 Å². The maximum atomic E-state index is 11.3. The average molecular weight is 314 g/mol. The molecule has 0 heterocycles. The summed E-state index contributed by atoms with van der Waals surface area (Å²) in [5.74, 6) is -0.865. The number of thioether (sulfide) groups is 1. The largest absolute Gasteiger partial charge is 0.490 e. The monoisotopic (exact) mass is 314 g/mol. The molecule has 0 saturated carbocycles. The highest BCUT2D eigenvalue weighted by molar-refractivity contribution is 7.99. The highest BCUT2D eigenvalue weighted by atomic mass is 32.2. The second-order valence-corrected chi connectivity index (χ2v) is 4.91. The van der Waals surface area contributed by atoms with Crippen molar-refractivity contribution in [1.82, 2.24) is 5.32 Å². The van der Waals surface area contributed by atoms with E-state index in [-0.39, 0.29) is 17.2 Å². The van der Waals surface area contributed by atoms with Crippen molar-refractivity contribution < 1.29 is 24.4 Å². The van der Waals surface area contributed by atoms with E-state index in [1.807, 2.05) is 0 Å². The first-order valence-electron chi connectivity index (χ1n) is 5.81. The Balaban J connectivity index is 2.52. The molecule has 8 nitrogen and oxygen atoms in total. The van der Waals surface area contributed by atoms with Crippen LogP contribution in [0.25, 0.3) is 0 Å². The molecule has 114 valence electrons. The van der Waals surface area contributed by atoms with Crippen LogP contribution in [0.15, 0.2) is 18.2 Å². The molecule has 0 atom stereocenters. The van der Waals surface area contributed by atoms with Gasteiger partial charge in [-0.05, 0) is 11.6 Å². The molecule has 1 aromatic carbocycles. The third-order valence-electron chi connectivity index (χ3n) is 2.38. The Hall–Kier alpha value is -2.29. The summed E-state index contributed by atoms with van der Waals surface area (Å²) in [6.45, 7) is -0.423. The number of ether oxygens (including phenoxy) is 1. The van der Waals surface area contributed by atoms with E-state index in [1.165, 1.54) is 31.0 Å². The van der Waals surface area contributed by atoms with E-state index >= 15 is 0 Å². The maximum Gasteiger partial charge on any atom is 0.322 e. The van der Waals surface area contributed by atoms with E-state index < -0.39 is 23.3 Å². The van der Waals surface area contributed by atoms with Gasteiger partial charge in [0.15, 0.2) is 5.75 Å². The third kappa shape index (κ3) is 5.69. The molecule has 0 radical (unpaired) electrons. The normalized spacial score (nSPS) is 9.95. The third-order valence-corrected chi connectivity index (χ3v) is 3.38. The number of nitro benzene ring substituents is 1. The highest BCUT2D eigenvalue weighted by Crippen LogP contribution is 2.28. The van der Waals surface area contributed by atoms with Crippen molar-refractivity contribution in [1.29, 1.82) is 0 Å². The number of carbonyl (C=O) groups excluding carboxylic acids is 1. The van der Waals surface area contributed by atoms with Crippen molar-refractivity contribution in [3.8, 4) is 5.75 Å². The number of benzene rings is 1. The van der Waals surface area contributed by atoms with Crippen LogP contribution in [-0.4, -0.2) is 41.3 Å². The average Bonchev–Trinajstić information content (AvgIpc) is 2.44. The number of nitrogens with one attached hydrogen (secondary N) is 1. The molecular formula is C12H14N2O6S. The highest BCUT2D eigenvalue weighted by Gasteiger charge is 2.15. The van der Waals surface area contributed by atoms with E-state index in [0.29, 0.717) is 11.3 Å². The zero-order valence-corrected chi connectivity index (χ0v) is 12.0. The topological polar surface area (TPSA) is 119 Å². The number of methoxy groups -OCH3 is 1. The van der Waals surface area contributed by atoms with Gasteiger partial charge >= 0.3 is 11.7 Å². The van der Waals surface area contributed by atoms with Crippen LogP contribution in [0.5, 0.6) is 5.75 Å². The smallest absolute Gasteiger partial charge is 0.322 e. The number of nitrogens with zero attached hydrogens (tertiary/aromatic N) is 1. The van der Waals surface area contributed by atoms with Crippen molar-refractivity contribution >= 4 is 29.3 Å². The number of nitro groups is 1. The van der Waals surface area contributed by atoms with Gasteiger partial charge in [-0.2, -0.15) is 0 Å². The fraction of sp³-hybridized carbons (Fsp3) is 0.333. The Morgan fingerprint density at radius 1 is 1.48 bits per heavy atom. The number of hydrogen-bond acceptors (Lipinski definition) is 6. The van der Waals surface area contributed by atoms with Crippen LogP contribution in [0.2, 0.25) is 0 Å². The van der Waals surface area contributed by atoms with Gasteiger partial charge in [-0.25, -0.2) is 0 Å². The van der Waals surface area contributed by atoms with Gasteiger partial charge in [-0.15, -0.1) is 11.8 Å². The lowest BCUT2D eigenvalue weighted by molar-refractivity contribution is -0.385. The van der Waals surface area contributed by atoms with E-state index in [9.17, 15) is 19.7 Å². The molecule has 1 amide bonds. The molecular weight excluding hydrogens is 300 g/mol. The summed E-state index contributed by atoms with van der Waals surface area (Å²) in [6.07, 6.45) is 0. The molecule has 0 saturated heterocycles. The Morgan fingerprint density at radius 3 is 2.76 bits per heavy atom. The molecule has 0 unspecified atom stereocenters. The minimum absolute atomic E-state index is 0.0765. The Kier molecular flexibility index (Phi) is 6.47. The summed E-state index contributed by atoms with van der Waals surface area (Å²) in [6, 6.07) is 4.56. The van der Waals surface area contributed by atoms with Gasteiger partial charge in [0.1, 0.15) is 6.54 Å². The standard InChI is InChI=1S/C12H14N2O6S/c1-20-10-3-2-8(4-9(10)14(18)19)6-21-7-11(15)13-5-12(16)17/h2-4H,5-7H2,1H3,(H,13,15)(H,16,17). The Labute approximate surface area is 124 Å². The number of carboxylic acid groups (broad SMARTS) is 1. The fourth-order valence-corrected chi connectivity index (χ4v) is 2.26. The molecule has 2 N–H and O–H groups in total. The van der Waals surface area contributed by atoms with Gasteiger partial charge in [0.05, 0.1) is 17.8 Å². The van der Waals surface area contributed by atoms with E-state index in [0.717, 1.165) is 0 Å². The summed E-state index contributed by atoms with van der Waals surface area (Å²) >= 11 is 1.23. The molecule has 9 heteroatoms. The van der Waals surface area contributed by atoms with Crippen LogP contribution in [0.3, 0.4) is 0 Å². The van der Waals surface area contributed by atoms with E-state index in [4.69, 9.17) is 9.84 Å². The van der Waals surface area contributed by atoms with Crippen LogP contribution in [0, 0.1) is 10.1 Å². The molecule has 0 bridgehead atoms. The van der Waals surface area contributed by atoms with Crippen molar-refractivity contribution in [3.05, 3.63) is 33.9 Å². The van der Waals surface area contributed by atoms with Gasteiger partial charge in [0.2, 0.25) is 5.91 Å². The fourth-order valence-electron chi connectivity index (χ4n) is 1.45. The molecule has 0 aliphatic heterocycles. The van der Waals surface area contributed by atoms with Crippen LogP contribution in [-0.2, 0) is 15.3 Å². The quantitative estimate of drug-likeness (QED) is 0.543. The molecule has 1 aromatic rings. The molecule has 0 aliphatic carbocycles. The SMILES string of the molecule is COc1ccc(CSCC(=O)NCC(=O)O)cc1[N+](=O)[O-]. The minimum atomic E-state index is -1.11. The lowest BCUT2D eigenvalue weighted by atomic mass is 10.2. The maximum absolute atomic E-state index is 11.3. The second kappa shape index (κ2) is 8.10. The summed E-state index contributed by atoms with van der Waals surface area (Å²) < 4.78 is 4.89. The molecule has 1 rings (SSSR count). The van der Waals surface area contributed by atoms with Crippen molar-refractivity contribution in [2.45, 2.75) is 5.75 Å². The first-order chi connectivity index (χ1) is 9.93. The van der Waals surface area contributed by atoms with Crippen LogP contribution in [0.4, 0.5) is 5.69 Å². The van der Waals surface area contributed by atoms with Gasteiger partial charge in [0, 0.05) is 11.8 Å². The van der Waals surface area contributed by atoms with Crippen molar-refractivity contribution in [2.24, 2.45) is 0 Å². The van der Waals surface area contributed by atoms with Crippen molar-refractivity contribution in [2.75, 3.05) is 19.4 Å². The van der Waals surface area contributed by atoms with E-state index in [2.05, 4.69) is 5.32 Å². The first-order valence-corrected chi connectivity index (χ1v) is 6.97. The minimum Gasteiger partial charge on any atom is -0.490 e. The van der Waals surface area contributed by atoms with Crippen LogP contribution < -0.4 is 10.1 Å². The summed E-state index contributed by atoms with van der Waals surface area (Å²) in [5, 5.41) is 21.5. The number of carbonyl (C=O) groups is 2. The lowest BCUT2D eigenvalue weighted by Gasteiger charge is -2.05.